The number of nitrogens with one attached hydrogen (secondary N) is 1. The third kappa shape index (κ3) is 5.09. The number of amides is 1. The maximum atomic E-state index is 12.6. The average Bonchev–Trinajstić information content (AvgIpc) is 2.69. The number of para-hydroxylation sites is 2. The molecule has 0 aliphatic rings. The summed E-state index contributed by atoms with van der Waals surface area (Å²) in [5, 5.41) is 3.39. The molecule has 1 amide bonds. The van der Waals surface area contributed by atoms with E-state index in [0.29, 0.717) is 13.0 Å². The number of aliphatic imine (C=N–C) groups is 1. The molecule has 138 valence electrons. The van der Waals surface area contributed by atoms with E-state index in [2.05, 4.69) is 24.0 Å². The summed E-state index contributed by atoms with van der Waals surface area (Å²) in [5.41, 5.74) is 2.72. The SMILES string of the molecule is C=Nc1ccccc1NCC(CC)N(C)C(=O)Cc1ccc(OC)cc1. The largest absolute Gasteiger partial charge is 0.497 e. The van der Waals surface area contributed by atoms with Crippen LogP contribution in [0.4, 0.5) is 11.4 Å². The molecule has 2 aromatic carbocycles. The second-order valence-electron chi connectivity index (χ2n) is 6.15. The van der Waals surface area contributed by atoms with Gasteiger partial charge in [0.15, 0.2) is 0 Å². The molecule has 0 saturated heterocycles. The number of hydrogen-bond donors (Lipinski definition) is 1. The lowest BCUT2D eigenvalue weighted by Crippen LogP contribution is -2.41. The molecule has 1 N–H and O–H groups in total. The molecule has 0 spiro atoms. The summed E-state index contributed by atoms with van der Waals surface area (Å²) in [6, 6.07) is 15.5. The van der Waals surface area contributed by atoms with E-state index < -0.39 is 0 Å². The van der Waals surface area contributed by atoms with Crippen molar-refractivity contribution >= 4 is 24.0 Å². The second-order valence-corrected chi connectivity index (χ2v) is 6.15. The highest BCUT2D eigenvalue weighted by molar-refractivity contribution is 5.79. The number of anilines is 1. The van der Waals surface area contributed by atoms with Crippen LogP contribution in [-0.2, 0) is 11.2 Å². The minimum Gasteiger partial charge on any atom is -0.497 e. The van der Waals surface area contributed by atoms with Gasteiger partial charge in [-0.2, -0.15) is 0 Å². The van der Waals surface area contributed by atoms with Crippen molar-refractivity contribution in [3.05, 3.63) is 54.1 Å². The van der Waals surface area contributed by atoms with Crippen LogP contribution in [0.15, 0.2) is 53.5 Å². The predicted octanol–water partition coefficient (Wildman–Crippen LogP) is 3.92. The third-order valence-electron chi connectivity index (χ3n) is 4.53. The Kier molecular flexibility index (Phi) is 7.21. The van der Waals surface area contributed by atoms with Gasteiger partial charge >= 0.3 is 0 Å². The van der Waals surface area contributed by atoms with Crippen LogP contribution < -0.4 is 10.1 Å². The summed E-state index contributed by atoms with van der Waals surface area (Å²) in [5.74, 6) is 0.888. The van der Waals surface area contributed by atoms with Gasteiger partial charge in [0, 0.05) is 19.6 Å². The van der Waals surface area contributed by atoms with E-state index in [1.54, 1.807) is 7.11 Å². The van der Waals surface area contributed by atoms with Crippen LogP contribution in [0.5, 0.6) is 5.75 Å². The third-order valence-corrected chi connectivity index (χ3v) is 4.53. The lowest BCUT2D eigenvalue weighted by Gasteiger charge is -2.28. The Morgan fingerprint density at radius 3 is 2.54 bits per heavy atom. The Bertz CT molecular complexity index is 728. The molecular formula is C21H27N3O2. The molecule has 0 heterocycles. The molecule has 26 heavy (non-hydrogen) atoms. The highest BCUT2D eigenvalue weighted by atomic mass is 16.5. The minimum absolute atomic E-state index is 0.0959. The second kappa shape index (κ2) is 9.61. The fourth-order valence-electron chi connectivity index (χ4n) is 2.79. The number of rotatable bonds is 9. The van der Waals surface area contributed by atoms with E-state index in [-0.39, 0.29) is 11.9 Å². The van der Waals surface area contributed by atoms with Crippen LogP contribution in [0, 0.1) is 0 Å². The summed E-state index contributed by atoms with van der Waals surface area (Å²) in [6.45, 7) is 6.34. The van der Waals surface area contributed by atoms with Gasteiger partial charge in [0.25, 0.3) is 0 Å². The van der Waals surface area contributed by atoms with Crippen molar-refractivity contribution in [3.8, 4) is 5.75 Å². The summed E-state index contributed by atoms with van der Waals surface area (Å²) < 4.78 is 5.15. The van der Waals surface area contributed by atoms with Crippen LogP contribution in [0.25, 0.3) is 0 Å². The molecule has 1 atom stereocenters. The zero-order chi connectivity index (χ0) is 18.9. The highest BCUT2D eigenvalue weighted by Crippen LogP contribution is 2.23. The first-order chi connectivity index (χ1) is 12.6. The molecule has 0 aromatic heterocycles. The Hall–Kier alpha value is -2.82. The smallest absolute Gasteiger partial charge is 0.227 e. The quantitative estimate of drug-likeness (QED) is 0.695. The van der Waals surface area contributed by atoms with Crippen molar-refractivity contribution < 1.29 is 9.53 Å². The molecule has 0 aliphatic heterocycles. The van der Waals surface area contributed by atoms with Gasteiger partial charge in [0.1, 0.15) is 5.75 Å². The van der Waals surface area contributed by atoms with Crippen LogP contribution >= 0.6 is 0 Å². The monoisotopic (exact) mass is 353 g/mol. The lowest BCUT2D eigenvalue weighted by atomic mass is 10.1. The molecule has 1 unspecified atom stereocenters. The highest BCUT2D eigenvalue weighted by Gasteiger charge is 2.18. The number of carbonyl (C=O) groups excluding carboxylic acids is 1. The van der Waals surface area contributed by atoms with Gasteiger partial charge in [-0.1, -0.05) is 31.2 Å². The number of carbonyl (C=O) groups is 1. The molecule has 5 heteroatoms. The standard InChI is InChI=1S/C21H27N3O2/c1-5-17(15-23-20-9-7-6-8-19(20)22-2)24(3)21(25)14-16-10-12-18(26-4)13-11-16/h6-13,17,23H,2,5,14-15H2,1,3-4H3. The molecule has 2 rings (SSSR count). The van der Waals surface area contributed by atoms with Crippen LogP contribution in [0.3, 0.4) is 0 Å². The number of methoxy groups -OCH3 is 1. The van der Waals surface area contributed by atoms with Crippen LogP contribution in [-0.4, -0.2) is 44.3 Å². The normalized spacial score (nSPS) is 11.5. The zero-order valence-corrected chi connectivity index (χ0v) is 15.7. The number of ether oxygens (including phenoxy) is 1. The summed E-state index contributed by atoms with van der Waals surface area (Å²) in [7, 11) is 3.49. The van der Waals surface area contributed by atoms with E-state index in [1.807, 2.05) is 60.5 Å². The van der Waals surface area contributed by atoms with Gasteiger partial charge < -0.3 is 15.0 Å². The van der Waals surface area contributed by atoms with Gasteiger partial charge in [-0.15, -0.1) is 0 Å². The Balaban J connectivity index is 1.96. The van der Waals surface area contributed by atoms with E-state index in [9.17, 15) is 4.79 Å². The van der Waals surface area contributed by atoms with Crippen molar-refractivity contribution in [1.82, 2.24) is 4.90 Å². The predicted molar refractivity (Wildman–Crippen MR) is 108 cm³/mol. The fourth-order valence-corrected chi connectivity index (χ4v) is 2.79. The topological polar surface area (TPSA) is 53.9 Å². The fraction of sp³-hybridized carbons (Fsp3) is 0.333. The minimum atomic E-state index is 0.0959. The number of likely N-dealkylation sites (N-methyl/N-ethyl adjacent to an activating group) is 1. The summed E-state index contributed by atoms with van der Waals surface area (Å²) in [6.07, 6.45) is 1.24. The van der Waals surface area contributed by atoms with Gasteiger partial charge in [-0.3, -0.25) is 9.79 Å². The summed E-state index contributed by atoms with van der Waals surface area (Å²) in [4.78, 5) is 18.5. The molecule has 0 fully saturated rings. The summed E-state index contributed by atoms with van der Waals surface area (Å²) >= 11 is 0. The van der Waals surface area contributed by atoms with E-state index in [0.717, 1.165) is 29.1 Å². The number of benzene rings is 2. The molecular weight excluding hydrogens is 326 g/mol. The first kappa shape index (κ1) is 19.5. The van der Waals surface area contributed by atoms with Gasteiger partial charge in [0.05, 0.1) is 24.9 Å². The molecule has 5 nitrogen and oxygen atoms in total. The molecule has 0 radical (unpaired) electrons. The van der Waals surface area contributed by atoms with E-state index in [4.69, 9.17) is 4.74 Å². The number of hydrogen-bond acceptors (Lipinski definition) is 4. The van der Waals surface area contributed by atoms with Crippen molar-refractivity contribution in [3.63, 3.8) is 0 Å². The molecule has 0 bridgehead atoms. The maximum absolute atomic E-state index is 12.6. The molecule has 0 aliphatic carbocycles. The van der Waals surface area contributed by atoms with Crippen molar-refractivity contribution in [2.75, 3.05) is 26.0 Å². The van der Waals surface area contributed by atoms with E-state index in [1.165, 1.54) is 0 Å². The van der Waals surface area contributed by atoms with Gasteiger partial charge in [-0.25, -0.2) is 0 Å². The van der Waals surface area contributed by atoms with Crippen LogP contribution in [0.1, 0.15) is 18.9 Å². The maximum Gasteiger partial charge on any atom is 0.227 e. The van der Waals surface area contributed by atoms with Crippen molar-refractivity contribution in [2.24, 2.45) is 4.99 Å². The van der Waals surface area contributed by atoms with Crippen molar-refractivity contribution in [2.45, 2.75) is 25.8 Å². The Morgan fingerprint density at radius 2 is 1.92 bits per heavy atom. The van der Waals surface area contributed by atoms with Crippen molar-refractivity contribution in [1.29, 1.82) is 0 Å². The lowest BCUT2D eigenvalue weighted by molar-refractivity contribution is -0.131. The number of nitrogens with zero attached hydrogens (tertiary/aromatic N) is 2. The first-order valence-corrected chi connectivity index (χ1v) is 8.77. The van der Waals surface area contributed by atoms with Gasteiger partial charge in [-0.05, 0) is 43.0 Å². The molecule has 0 saturated carbocycles. The zero-order valence-electron chi connectivity index (χ0n) is 15.7. The van der Waals surface area contributed by atoms with Gasteiger partial charge in [0.2, 0.25) is 5.91 Å². The van der Waals surface area contributed by atoms with E-state index >= 15 is 0 Å². The Morgan fingerprint density at radius 1 is 1.23 bits per heavy atom. The average molecular weight is 353 g/mol. The first-order valence-electron chi connectivity index (χ1n) is 8.77. The Labute approximate surface area is 155 Å². The van der Waals surface area contributed by atoms with Crippen LogP contribution in [0.2, 0.25) is 0 Å². The molecule has 2 aromatic rings.